The predicted octanol–water partition coefficient (Wildman–Crippen LogP) is 1.84. The van der Waals surface area contributed by atoms with Crippen LogP contribution in [0.25, 0.3) is 0 Å². The summed E-state index contributed by atoms with van der Waals surface area (Å²) in [6.45, 7) is 10.4. The lowest BCUT2D eigenvalue weighted by Gasteiger charge is -2.26. The first-order valence-corrected chi connectivity index (χ1v) is 9.32. The fourth-order valence-corrected chi connectivity index (χ4v) is 3.06. The Morgan fingerprint density at radius 2 is 1.96 bits per heavy atom. The molecule has 1 aliphatic heterocycles. The van der Waals surface area contributed by atoms with E-state index in [2.05, 4.69) is 27.4 Å². The quantitative estimate of drug-likeness (QED) is 0.241. The van der Waals surface area contributed by atoms with Gasteiger partial charge in [-0.15, -0.1) is 24.0 Å². The minimum atomic E-state index is 0. The molecule has 1 aliphatic carbocycles. The van der Waals surface area contributed by atoms with Crippen LogP contribution in [0.1, 0.15) is 39.0 Å². The topological polar surface area (TPSA) is 58.1 Å². The lowest BCUT2D eigenvalue weighted by atomic mass is 10.3. The minimum absolute atomic E-state index is 0. The van der Waals surface area contributed by atoms with Gasteiger partial charge in [-0.1, -0.05) is 12.8 Å². The van der Waals surface area contributed by atoms with Gasteiger partial charge >= 0.3 is 0 Å². The van der Waals surface area contributed by atoms with Crippen molar-refractivity contribution in [2.45, 2.75) is 45.1 Å². The van der Waals surface area contributed by atoms with E-state index >= 15 is 0 Å². The van der Waals surface area contributed by atoms with Crippen molar-refractivity contribution in [1.82, 2.24) is 15.5 Å². The second kappa shape index (κ2) is 14.1. The number of nitrogens with zero attached hydrogens (tertiary/aromatic N) is 2. The molecular weight excluding hydrogens is 419 g/mol. The summed E-state index contributed by atoms with van der Waals surface area (Å²) in [5, 5.41) is 6.72. The van der Waals surface area contributed by atoms with Crippen LogP contribution in [0.2, 0.25) is 0 Å². The molecular formula is C17H35IN4O2. The monoisotopic (exact) mass is 454 g/mol. The number of guanidine groups is 1. The SMILES string of the molecule is CCNC(=NCCCOC1CCCC1)NCCN1CCOCC1.I. The smallest absolute Gasteiger partial charge is 0.191 e. The third-order valence-electron chi connectivity index (χ3n) is 4.40. The molecule has 2 N–H and O–H groups in total. The second-order valence-electron chi connectivity index (χ2n) is 6.27. The molecule has 0 radical (unpaired) electrons. The van der Waals surface area contributed by atoms with Gasteiger partial charge in [-0.3, -0.25) is 9.89 Å². The molecule has 0 bridgehead atoms. The molecule has 24 heavy (non-hydrogen) atoms. The highest BCUT2D eigenvalue weighted by molar-refractivity contribution is 14.0. The third kappa shape index (κ3) is 9.39. The van der Waals surface area contributed by atoms with Crippen LogP contribution in [0.15, 0.2) is 4.99 Å². The van der Waals surface area contributed by atoms with Gasteiger partial charge in [0.05, 0.1) is 19.3 Å². The maximum Gasteiger partial charge on any atom is 0.191 e. The molecule has 1 saturated heterocycles. The average molecular weight is 454 g/mol. The molecule has 2 fully saturated rings. The van der Waals surface area contributed by atoms with Crippen LogP contribution < -0.4 is 10.6 Å². The van der Waals surface area contributed by atoms with Gasteiger partial charge < -0.3 is 20.1 Å². The summed E-state index contributed by atoms with van der Waals surface area (Å²) in [6, 6.07) is 0. The fraction of sp³-hybridized carbons (Fsp3) is 0.941. The van der Waals surface area contributed by atoms with Crippen molar-refractivity contribution >= 4 is 29.9 Å². The number of aliphatic imine (C=N–C) groups is 1. The van der Waals surface area contributed by atoms with Gasteiger partial charge in [0.2, 0.25) is 0 Å². The second-order valence-corrected chi connectivity index (χ2v) is 6.27. The van der Waals surface area contributed by atoms with E-state index in [1.54, 1.807) is 0 Å². The summed E-state index contributed by atoms with van der Waals surface area (Å²) in [7, 11) is 0. The Balaban J connectivity index is 0.00000288. The molecule has 142 valence electrons. The molecule has 0 atom stereocenters. The number of hydrogen-bond donors (Lipinski definition) is 2. The number of rotatable bonds is 9. The van der Waals surface area contributed by atoms with Gasteiger partial charge in [0.1, 0.15) is 0 Å². The van der Waals surface area contributed by atoms with Crippen molar-refractivity contribution in [2.75, 3.05) is 59.1 Å². The predicted molar refractivity (Wildman–Crippen MR) is 109 cm³/mol. The number of hydrogen-bond acceptors (Lipinski definition) is 4. The zero-order valence-corrected chi connectivity index (χ0v) is 17.4. The Morgan fingerprint density at radius 1 is 1.21 bits per heavy atom. The van der Waals surface area contributed by atoms with Gasteiger partial charge in [-0.05, 0) is 26.2 Å². The first-order chi connectivity index (χ1) is 11.4. The zero-order valence-electron chi connectivity index (χ0n) is 15.1. The molecule has 6 nitrogen and oxygen atoms in total. The van der Waals surface area contributed by atoms with Crippen molar-refractivity contribution in [2.24, 2.45) is 4.99 Å². The van der Waals surface area contributed by atoms with E-state index in [9.17, 15) is 0 Å². The van der Waals surface area contributed by atoms with Crippen LogP contribution >= 0.6 is 24.0 Å². The van der Waals surface area contributed by atoms with Gasteiger partial charge in [0.15, 0.2) is 5.96 Å². The van der Waals surface area contributed by atoms with Crippen LogP contribution in [-0.2, 0) is 9.47 Å². The summed E-state index contributed by atoms with van der Waals surface area (Å²) in [5.41, 5.74) is 0. The summed E-state index contributed by atoms with van der Waals surface area (Å²) in [5.74, 6) is 0.918. The van der Waals surface area contributed by atoms with E-state index in [1.165, 1.54) is 25.7 Å². The van der Waals surface area contributed by atoms with E-state index in [0.717, 1.165) is 71.5 Å². The van der Waals surface area contributed by atoms with E-state index in [0.29, 0.717) is 6.10 Å². The van der Waals surface area contributed by atoms with Crippen LogP contribution in [0, 0.1) is 0 Å². The fourth-order valence-electron chi connectivity index (χ4n) is 3.06. The number of morpholine rings is 1. The number of ether oxygens (including phenoxy) is 2. The first-order valence-electron chi connectivity index (χ1n) is 9.32. The van der Waals surface area contributed by atoms with Gasteiger partial charge in [-0.25, -0.2) is 0 Å². The Morgan fingerprint density at radius 3 is 2.67 bits per heavy atom. The van der Waals surface area contributed by atoms with Crippen LogP contribution in [0.3, 0.4) is 0 Å². The highest BCUT2D eigenvalue weighted by Gasteiger charge is 2.14. The van der Waals surface area contributed by atoms with Crippen LogP contribution in [0.5, 0.6) is 0 Å². The number of halogens is 1. The summed E-state index contributed by atoms with van der Waals surface area (Å²) >= 11 is 0. The lowest BCUT2D eigenvalue weighted by Crippen LogP contribution is -2.44. The molecule has 2 aliphatic rings. The molecule has 1 heterocycles. The Hall–Kier alpha value is -0.120. The van der Waals surface area contributed by atoms with Gasteiger partial charge in [0, 0.05) is 45.9 Å². The molecule has 0 aromatic carbocycles. The van der Waals surface area contributed by atoms with Crippen molar-refractivity contribution in [1.29, 1.82) is 0 Å². The maximum absolute atomic E-state index is 5.88. The van der Waals surface area contributed by atoms with E-state index in [4.69, 9.17) is 9.47 Å². The molecule has 7 heteroatoms. The molecule has 0 aromatic rings. The largest absolute Gasteiger partial charge is 0.379 e. The maximum atomic E-state index is 5.88. The highest BCUT2D eigenvalue weighted by Crippen LogP contribution is 2.20. The summed E-state index contributed by atoms with van der Waals surface area (Å²) < 4.78 is 11.2. The van der Waals surface area contributed by atoms with Crippen molar-refractivity contribution in [3.05, 3.63) is 0 Å². The van der Waals surface area contributed by atoms with Crippen molar-refractivity contribution in [3.63, 3.8) is 0 Å². The normalized spacial score (nSPS) is 20.0. The molecule has 0 unspecified atom stereocenters. The third-order valence-corrected chi connectivity index (χ3v) is 4.40. The lowest BCUT2D eigenvalue weighted by molar-refractivity contribution is 0.0389. The summed E-state index contributed by atoms with van der Waals surface area (Å²) in [4.78, 5) is 7.06. The van der Waals surface area contributed by atoms with Gasteiger partial charge in [-0.2, -0.15) is 0 Å². The Labute approximate surface area is 164 Å². The van der Waals surface area contributed by atoms with Crippen LogP contribution in [0.4, 0.5) is 0 Å². The minimum Gasteiger partial charge on any atom is -0.379 e. The molecule has 0 amide bonds. The highest BCUT2D eigenvalue weighted by atomic mass is 127. The van der Waals surface area contributed by atoms with Gasteiger partial charge in [0.25, 0.3) is 0 Å². The van der Waals surface area contributed by atoms with Crippen molar-refractivity contribution < 1.29 is 9.47 Å². The summed E-state index contributed by atoms with van der Waals surface area (Å²) in [6.07, 6.45) is 6.67. The molecule has 1 saturated carbocycles. The number of nitrogens with one attached hydrogen (secondary N) is 2. The average Bonchev–Trinajstić information content (AvgIpc) is 3.09. The zero-order chi connectivity index (χ0) is 16.2. The van der Waals surface area contributed by atoms with E-state index in [1.807, 2.05) is 0 Å². The standard InChI is InChI=1S/C17H34N4O2.HI/c1-2-18-17(20-9-10-21-11-14-22-15-12-21)19-8-5-13-23-16-6-3-4-7-16;/h16H,2-15H2,1H3,(H2,18,19,20);1H. The van der Waals surface area contributed by atoms with Crippen LogP contribution in [-0.4, -0.2) is 76.1 Å². The van der Waals surface area contributed by atoms with E-state index < -0.39 is 0 Å². The Bertz CT molecular complexity index is 333. The first kappa shape index (κ1) is 21.9. The molecule has 0 spiro atoms. The Kier molecular flexibility index (Phi) is 12.9. The van der Waals surface area contributed by atoms with E-state index in [-0.39, 0.29) is 24.0 Å². The van der Waals surface area contributed by atoms with Crippen molar-refractivity contribution in [3.8, 4) is 0 Å². The molecule has 2 rings (SSSR count). The molecule has 0 aromatic heterocycles.